The Morgan fingerprint density at radius 1 is 1.43 bits per heavy atom. The van der Waals surface area contributed by atoms with Crippen LogP contribution in [0.3, 0.4) is 0 Å². The summed E-state index contributed by atoms with van der Waals surface area (Å²) in [6.45, 7) is 0.810. The maximum absolute atomic E-state index is 13.4. The van der Waals surface area contributed by atoms with Gasteiger partial charge in [-0.1, -0.05) is 17.7 Å². The van der Waals surface area contributed by atoms with Crippen LogP contribution in [0, 0.1) is 5.82 Å². The van der Waals surface area contributed by atoms with Crippen molar-refractivity contribution in [2.45, 2.75) is 19.4 Å². The molecule has 0 fully saturated rings. The Labute approximate surface area is 126 Å². The van der Waals surface area contributed by atoms with Gasteiger partial charge in [0.2, 0.25) is 5.91 Å². The van der Waals surface area contributed by atoms with Crippen LogP contribution in [0.15, 0.2) is 30.5 Å². The van der Waals surface area contributed by atoms with E-state index < -0.39 is 5.82 Å². The van der Waals surface area contributed by atoms with E-state index in [4.69, 9.17) is 17.3 Å². The van der Waals surface area contributed by atoms with Gasteiger partial charge in [0.1, 0.15) is 11.6 Å². The highest BCUT2D eigenvalue weighted by Crippen LogP contribution is 2.17. The molecule has 0 aliphatic heterocycles. The van der Waals surface area contributed by atoms with Gasteiger partial charge in [0.05, 0.1) is 17.8 Å². The van der Waals surface area contributed by atoms with Crippen LogP contribution in [0.2, 0.25) is 5.02 Å². The van der Waals surface area contributed by atoms with E-state index in [-0.39, 0.29) is 10.9 Å². The van der Waals surface area contributed by atoms with Crippen molar-refractivity contribution in [3.63, 3.8) is 0 Å². The lowest BCUT2D eigenvalue weighted by molar-refractivity contribution is -0.116. The number of aromatic nitrogens is 2. The highest BCUT2D eigenvalue weighted by atomic mass is 35.5. The lowest BCUT2D eigenvalue weighted by Gasteiger charge is -2.09. The Hall–Kier alpha value is -1.92. The van der Waals surface area contributed by atoms with Crippen molar-refractivity contribution >= 4 is 23.3 Å². The fourth-order valence-electron chi connectivity index (χ4n) is 1.84. The van der Waals surface area contributed by atoms with Crippen LogP contribution in [0.1, 0.15) is 18.4 Å². The van der Waals surface area contributed by atoms with Gasteiger partial charge >= 0.3 is 0 Å². The van der Waals surface area contributed by atoms with Gasteiger partial charge < -0.3 is 11.1 Å². The molecule has 0 atom stereocenters. The zero-order valence-electron chi connectivity index (χ0n) is 11.4. The highest BCUT2D eigenvalue weighted by molar-refractivity contribution is 6.30. The van der Waals surface area contributed by atoms with E-state index in [1.165, 1.54) is 12.1 Å². The Kier molecular flexibility index (Phi) is 5.30. The Balaban J connectivity index is 2.06. The molecule has 1 amide bonds. The van der Waals surface area contributed by atoms with Gasteiger partial charge in [0, 0.05) is 12.5 Å². The second-order valence-electron chi connectivity index (χ2n) is 4.56. The first-order valence-electron chi connectivity index (χ1n) is 6.56. The quantitative estimate of drug-likeness (QED) is 0.860. The average Bonchev–Trinajstić information content (AvgIpc) is 2.88. The number of carbonyl (C=O) groups excluding carboxylic acids is 1. The van der Waals surface area contributed by atoms with E-state index in [2.05, 4.69) is 10.4 Å². The third-order valence-corrected chi connectivity index (χ3v) is 3.21. The number of hydrogen-bond acceptors (Lipinski definition) is 3. The largest absolute Gasteiger partial charge is 0.330 e. The third kappa shape index (κ3) is 4.27. The number of anilines is 1. The predicted octanol–water partition coefficient (Wildman–Crippen LogP) is 2.40. The zero-order chi connectivity index (χ0) is 15.2. The van der Waals surface area contributed by atoms with Gasteiger partial charge in [-0.15, -0.1) is 0 Å². The lowest BCUT2D eigenvalue weighted by Crippen LogP contribution is -2.17. The summed E-state index contributed by atoms with van der Waals surface area (Å²) < 4.78 is 15.0. The number of rotatable bonds is 6. The van der Waals surface area contributed by atoms with E-state index in [1.54, 1.807) is 23.0 Å². The van der Waals surface area contributed by atoms with Gasteiger partial charge in [0.15, 0.2) is 0 Å². The van der Waals surface area contributed by atoms with Crippen LogP contribution in [-0.2, 0) is 11.3 Å². The van der Waals surface area contributed by atoms with Crippen LogP contribution < -0.4 is 11.1 Å². The summed E-state index contributed by atoms with van der Waals surface area (Å²) in [6, 6.07) is 6.25. The number of benzene rings is 1. The molecule has 0 radical (unpaired) electrons. The molecule has 0 saturated heterocycles. The Morgan fingerprint density at radius 2 is 2.24 bits per heavy atom. The van der Waals surface area contributed by atoms with E-state index in [1.807, 2.05) is 0 Å². The average molecular weight is 311 g/mol. The maximum atomic E-state index is 13.4. The van der Waals surface area contributed by atoms with Crippen molar-refractivity contribution < 1.29 is 9.18 Å². The van der Waals surface area contributed by atoms with Crippen molar-refractivity contribution in [3.8, 4) is 0 Å². The Morgan fingerprint density at radius 3 is 2.95 bits per heavy atom. The van der Waals surface area contributed by atoms with Crippen molar-refractivity contribution in [2.75, 3.05) is 11.9 Å². The van der Waals surface area contributed by atoms with Crippen LogP contribution in [-0.4, -0.2) is 22.2 Å². The molecule has 1 aromatic heterocycles. The molecule has 0 saturated carbocycles. The lowest BCUT2D eigenvalue weighted by atomic mass is 10.2. The minimum Gasteiger partial charge on any atom is -0.330 e. The normalized spacial score (nSPS) is 10.6. The molecule has 0 aliphatic carbocycles. The molecular formula is C14H16ClFN4O. The molecule has 0 aliphatic rings. The first kappa shape index (κ1) is 15.5. The van der Waals surface area contributed by atoms with Gasteiger partial charge in [-0.2, -0.15) is 5.10 Å². The molecular weight excluding hydrogens is 295 g/mol. The molecule has 5 nitrogen and oxygen atoms in total. The molecule has 1 aromatic carbocycles. The van der Waals surface area contributed by atoms with Gasteiger partial charge in [-0.05, 0) is 30.7 Å². The van der Waals surface area contributed by atoms with E-state index in [0.29, 0.717) is 37.3 Å². The summed E-state index contributed by atoms with van der Waals surface area (Å²) in [7, 11) is 0. The minimum atomic E-state index is -0.477. The second-order valence-corrected chi connectivity index (χ2v) is 4.97. The topological polar surface area (TPSA) is 72.9 Å². The summed E-state index contributed by atoms with van der Waals surface area (Å²) in [5, 5.41) is 6.95. The smallest absolute Gasteiger partial charge is 0.225 e. The number of hydrogen-bond donors (Lipinski definition) is 2. The molecule has 7 heteroatoms. The van der Waals surface area contributed by atoms with Crippen molar-refractivity contribution in [1.82, 2.24) is 9.78 Å². The first-order chi connectivity index (χ1) is 10.1. The summed E-state index contributed by atoms with van der Waals surface area (Å²) >= 11 is 5.65. The number of carbonyl (C=O) groups is 1. The molecule has 3 N–H and O–H groups in total. The predicted molar refractivity (Wildman–Crippen MR) is 79.7 cm³/mol. The Bertz CT molecular complexity index is 629. The minimum absolute atomic E-state index is 0.0783. The number of halogens is 2. The first-order valence-corrected chi connectivity index (χ1v) is 6.93. The van der Waals surface area contributed by atoms with E-state index >= 15 is 0 Å². The summed E-state index contributed by atoms with van der Waals surface area (Å²) in [6.07, 6.45) is 2.56. The summed E-state index contributed by atoms with van der Waals surface area (Å²) in [5.41, 5.74) is 6.07. The van der Waals surface area contributed by atoms with Crippen LogP contribution in [0.5, 0.6) is 0 Å². The summed E-state index contributed by atoms with van der Waals surface area (Å²) in [5.74, 6) is -0.0354. The van der Waals surface area contributed by atoms with Crippen LogP contribution in [0.25, 0.3) is 0 Å². The zero-order valence-corrected chi connectivity index (χ0v) is 12.1. The molecule has 2 aromatic rings. The number of nitrogens with one attached hydrogen (secondary N) is 1. The molecule has 0 bridgehead atoms. The number of nitrogens with zero attached hydrogens (tertiary/aromatic N) is 2. The van der Waals surface area contributed by atoms with Crippen LogP contribution >= 0.6 is 11.6 Å². The molecule has 0 unspecified atom stereocenters. The highest BCUT2D eigenvalue weighted by Gasteiger charge is 2.08. The van der Waals surface area contributed by atoms with Crippen LogP contribution in [0.4, 0.5) is 10.2 Å². The fourth-order valence-corrected chi connectivity index (χ4v) is 1.96. The number of nitrogens with two attached hydrogens (primary N) is 1. The van der Waals surface area contributed by atoms with Gasteiger partial charge in [0.25, 0.3) is 0 Å². The van der Waals surface area contributed by atoms with Crippen molar-refractivity contribution in [1.29, 1.82) is 0 Å². The molecule has 112 valence electrons. The molecule has 0 spiro atoms. The molecule has 21 heavy (non-hydrogen) atoms. The van der Waals surface area contributed by atoms with Gasteiger partial charge in [-0.25, -0.2) is 9.07 Å². The van der Waals surface area contributed by atoms with Crippen molar-refractivity contribution in [2.24, 2.45) is 5.73 Å². The standard InChI is InChI=1S/C14H16ClFN4O/c15-11-4-3-10(8-12(11)16)9-20-13(5-7-18-20)19-14(21)2-1-6-17/h3-5,7-8H,1-2,6,9,17H2,(H,19,21). The molecule has 1 heterocycles. The SMILES string of the molecule is NCCCC(=O)Nc1ccnn1Cc1ccc(Cl)c(F)c1. The van der Waals surface area contributed by atoms with Gasteiger partial charge in [-0.3, -0.25) is 4.79 Å². The third-order valence-electron chi connectivity index (χ3n) is 2.91. The number of amides is 1. The summed E-state index contributed by atoms with van der Waals surface area (Å²) in [4.78, 5) is 11.7. The maximum Gasteiger partial charge on any atom is 0.225 e. The van der Waals surface area contributed by atoms with Crippen molar-refractivity contribution in [3.05, 3.63) is 46.9 Å². The monoisotopic (exact) mass is 310 g/mol. The van der Waals surface area contributed by atoms with E-state index in [9.17, 15) is 9.18 Å². The fraction of sp³-hybridized carbons (Fsp3) is 0.286. The molecule has 2 rings (SSSR count). The second kappa shape index (κ2) is 7.19. The van der Waals surface area contributed by atoms with E-state index in [0.717, 1.165) is 0 Å².